The molecule has 0 saturated carbocycles. The number of Topliss-reactive ketones (excluding diaryl/α,β-unsaturated/α-hetero) is 2. The van der Waals surface area contributed by atoms with Gasteiger partial charge in [-0.1, -0.05) is 53.4 Å². The SMILES string of the molecule is CCCCC(CC)C(=O)C1(O)C(=O)OC(=O)C1(O)C(=O)C(CC)CCCC. The molecule has 0 aromatic rings. The standard InChI is InChI=1S/C20H32O7/c1-5-9-11-13(7-3)15(21)19(25)17(23)27-18(24)20(19,26)16(22)14(8-4)12-10-6-2/h13-14,25-26H,5-12H2,1-4H3. The summed E-state index contributed by atoms with van der Waals surface area (Å²) in [7, 11) is 0. The lowest BCUT2D eigenvalue weighted by Gasteiger charge is -2.33. The predicted octanol–water partition coefficient (Wildman–Crippen LogP) is 2.10. The molecule has 0 radical (unpaired) electrons. The fourth-order valence-electron chi connectivity index (χ4n) is 3.62. The molecule has 0 bridgehead atoms. The number of unbranched alkanes of at least 4 members (excludes halogenated alkanes) is 2. The minimum absolute atomic E-state index is 0.305. The molecular formula is C20H32O7. The number of hydrogen-bond acceptors (Lipinski definition) is 7. The molecule has 4 unspecified atom stereocenters. The van der Waals surface area contributed by atoms with Gasteiger partial charge in [0.25, 0.3) is 11.2 Å². The topological polar surface area (TPSA) is 118 Å². The number of carbonyl (C=O) groups excluding carboxylic acids is 4. The van der Waals surface area contributed by atoms with Crippen LogP contribution in [0.15, 0.2) is 0 Å². The van der Waals surface area contributed by atoms with E-state index in [-0.39, 0.29) is 0 Å². The third-order valence-corrected chi connectivity index (χ3v) is 5.55. The summed E-state index contributed by atoms with van der Waals surface area (Å²) in [6, 6.07) is 0. The highest BCUT2D eigenvalue weighted by Gasteiger charge is 2.76. The lowest BCUT2D eigenvalue weighted by molar-refractivity contribution is -0.185. The number of esters is 2. The Morgan fingerprint density at radius 3 is 1.41 bits per heavy atom. The zero-order valence-corrected chi connectivity index (χ0v) is 16.7. The maximum Gasteiger partial charge on any atom is 0.358 e. The number of hydrogen-bond donors (Lipinski definition) is 2. The van der Waals surface area contributed by atoms with Crippen molar-refractivity contribution < 1.29 is 34.1 Å². The summed E-state index contributed by atoms with van der Waals surface area (Å²) in [5, 5.41) is 21.9. The van der Waals surface area contributed by atoms with Crippen molar-refractivity contribution >= 4 is 23.5 Å². The smallest absolute Gasteiger partial charge is 0.358 e. The molecule has 1 aliphatic heterocycles. The first-order valence-electron chi connectivity index (χ1n) is 9.96. The molecule has 154 valence electrons. The van der Waals surface area contributed by atoms with Crippen molar-refractivity contribution in [3.8, 4) is 0 Å². The molecule has 7 heteroatoms. The van der Waals surface area contributed by atoms with Crippen molar-refractivity contribution in [3.05, 3.63) is 0 Å². The molecule has 7 nitrogen and oxygen atoms in total. The molecule has 2 N–H and O–H groups in total. The highest BCUT2D eigenvalue weighted by Crippen LogP contribution is 2.40. The summed E-state index contributed by atoms with van der Waals surface area (Å²) in [5.41, 5.74) is -6.37. The Labute approximate surface area is 160 Å². The first-order chi connectivity index (χ1) is 12.7. The van der Waals surface area contributed by atoms with Crippen LogP contribution in [0.3, 0.4) is 0 Å². The van der Waals surface area contributed by atoms with E-state index in [1.54, 1.807) is 13.8 Å². The Morgan fingerprint density at radius 2 is 1.15 bits per heavy atom. The van der Waals surface area contributed by atoms with Crippen LogP contribution >= 0.6 is 0 Å². The van der Waals surface area contributed by atoms with Crippen LogP contribution in [-0.4, -0.2) is 44.9 Å². The van der Waals surface area contributed by atoms with Gasteiger partial charge in [0.05, 0.1) is 0 Å². The number of cyclic esters (lactones) is 2. The summed E-state index contributed by atoms with van der Waals surface area (Å²) in [6.07, 6.45) is 4.31. The van der Waals surface area contributed by atoms with Gasteiger partial charge in [0.15, 0.2) is 11.6 Å². The zero-order chi connectivity index (χ0) is 20.8. The summed E-state index contributed by atoms with van der Waals surface area (Å²) in [6.45, 7) is 7.28. The molecule has 0 aromatic heterocycles. The zero-order valence-electron chi connectivity index (χ0n) is 16.7. The van der Waals surface area contributed by atoms with Gasteiger partial charge in [-0.3, -0.25) is 9.59 Å². The van der Waals surface area contributed by atoms with Crippen molar-refractivity contribution in [2.24, 2.45) is 11.8 Å². The van der Waals surface area contributed by atoms with Crippen molar-refractivity contribution in [1.82, 2.24) is 0 Å². The summed E-state index contributed by atoms with van der Waals surface area (Å²) >= 11 is 0. The molecular weight excluding hydrogens is 352 g/mol. The van der Waals surface area contributed by atoms with Crippen molar-refractivity contribution in [3.63, 3.8) is 0 Å². The molecule has 1 aliphatic rings. The van der Waals surface area contributed by atoms with Gasteiger partial charge in [0.1, 0.15) is 0 Å². The lowest BCUT2D eigenvalue weighted by atomic mass is 9.70. The molecule has 1 saturated heterocycles. The monoisotopic (exact) mass is 384 g/mol. The van der Waals surface area contributed by atoms with E-state index in [1.807, 2.05) is 13.8 Å². The van der Waals surface area contributed by atoms with E-state index in [9.17, 15) is 29.4 Å². The van der Waals surface area contributed by atoms with Crippen LogP contribution in [0.5, 0.6) is 0 Å². The van der Waals surface area contributed by atoms with Gasteiger partial charge < -0.3 is 14.9 Å². The Kier molecular flexibility index (Phi) is 8.29. The van der Waals surface area contributed by atoms with E-state index in [0.29, 0.717) is 38.5 Å². The van der Waals surface area contributed by atoms with Gasteiger partial charge in [-0.25, -0.2) is 9.59 Å². The van der Waals surface area contributed by atoms with Crippen molar-refractivity contribution in [1.29, 1.82) is 0 Å². The van der Waals surface area contributed by atoms with Crippen LogP contribution < -0.4 is 0 Å². The number of aliphatic hydroxyl groups is 2. The van der Waals surface area contributed by atoms with Crippen LogP contribution in [0.1, 0.15) is 79.1 Å². The number of rotatable bonds is 12. The molecule has 1 heterocycles. The molecule has 1 fully saturated rings. The van der Waals surface area contributed by atoms with Crippen LogP contribution in [0, 0.1) is 11.8 Å². The molecule has 4 atom stereocenters. The van der Waals surface area contributed by atoms with E-state index in [1.165, 1.54) is 0 Å². The van der Waals surface area contributed by atoms with E-state index in [2.05, 4.69) is 4.74 Å². The summed E-state index contributed by atoms with van der Waals surface area (Å²) in [5.74, 6) is -6.68. The lowest BCUT2D eigenvalue weighted by Crippen LogP contribution is -2.68. The van der Waals surface area contributed by atoms with Crippen molar-refractivity contribution in [2.75, 3.05) is 0 Å². The van der Waals surface area contributed by atoms with Crippen LogP contribution in [0.4, 0.5) is 0 Å². The predicted molar refractivity (Wildman–Crippen MR) is 97.6 cm³/mol. The molecule has 0 spiro atoms. The minimum Gasteiger partial charge on any atom is -0.388 e. The van der Waals surface area contributed by atoms with Gasteiger partial charge in [-0.05, 0) is 25.7 Å². The van der Waals surface area contributed by atoms with Gasteiger partial charge in [0.2, 0.25) is 0 Å². The van der Waals surface area contributed by atoms with Crippen LogP contribution in [0.25, 0.3) is 0 Å². The number of ether oxygens (including phenoxy) is 1. The van der Waals surface area contributed by atoms with Gasteiger partial charge in [0, 0.05) is 11.8 Å². The molecule has 27 heavy (non-hydrogen) atoms. The first kappa shape index (κ1) is 23.4. The fraction of sp³-hybridized carbons (Fsp3) is 0.800. The van der Waals surface area contributed by atoms with E-state index < -0.39 is 46.5 Å². The van der Waals surface area contributed by atoms with Gasteiger partial charge in [-0.15, -0.1) is 0 Å². The third-order valence-electron chi connectivity index (χ3n) is 5.55. The molecule has 0 aliphatic carbocycles. The largest absolute Gasteiger partial charge is 0.388 e. The molecule has 0 aromatic carbocycles. The Morgan fingerprint density at radius 1 is 0.815 bits per heavy atom. The van der Waals surface area contributed by atoms with Gasteiger partial charge >= 0.3 is 11.9 Å². The number of carbonyl (C=O) groups is 4. The third kappa shape index (κ3) is 3.99. The first-order valence-corrected chi connectivity index (χ1v) is 9.96. The summed E-state index contributed by atoms with van der Waals surface area (Å²) in [4.78, 5) is 50.5. The van der Waals surface area contributed by atoms with E-state index in [4.69, 9.17) is 0 Å². The van der Waals surface area contributed by atoms with Crippen LogP contribution in [0.2, 0.25) is 0 Å². The maximum absolute atomic E-state index is 13.0. The Hall–Kier alpha value is -1.60. The summed E-state index contributed by atoms with van der Waals surface area (Å²) < 4.78 is 4.41. The average molecular weight is 384 g/mol. The molecule has 1 rings (SSSR count). The number of ketones is 2. The van der Waals surface area contributed by atoms with E-state index >= 15 is 0 Å². The van der Waals surface area contributed by atoms with Crippen molar-refractivity contribution in [2.45, 2.75) is 90.3 Å². The van der Waals surface area contributed by atoms with Crippen LogP contribution in [-0.2, 0) is 23.9 Å². The highest BCUT2D eigenvalue weighted by atomic mass is 16.6. The maximum atomic E-state index is 13.0. The molecule has 0 amide bonds. The van der Waals surface area contributed by atoms with E-state index in [0.717, 1.165) is 12.8 Å². The van der Waals surface area contributed by atoms with Gasteiger partial charge in [-0.2, -0.15) is 0 Å². The second-order valence-electron chi connectivity index (χ2n) is 7.32. The second kappa shape index (κ2) is 9.55. The Bertz CT molecular complexity index is 535. The fourth-order valence-corrected chi connectivity index (χ4v) is 3.62. The quantitative estimate of drug-likeness (QED) is 0.391. The normalized spacial score (nSPS) is 27.3. The minimum atomic E-state index is -3.19. The second-order valence-corrected chi connectivity index (χ2v) is 7.32. The Balaban J connectivity index is 3.35. The average Bonchev–Trinajstić information content (AvgIpc) is 2.84. The highest BCUT2D eigenvalue weighted by molar-refractivity contribution is 6.29.